The van der Waals surface area contributed by atoms with Crippen LogP contribution in [0, 0.1) is 0 Å². The molecule has 22 heavy (non-hydrogen) atoms. The minimum atomic E-state index is -4.10. The summed E-state index contributed by atoms with van der Waals surface area (Å²) in [5, 5.41) is 7.33. The van der Waals surface area contributed by atoms with E-state index in [0.29, 0.717) is 0 Å². The lowest BCUT2D eigenvalue weighted by Crippen LogP contribution is -2.35. The van der Waals surface area contributed by atoms with E-state index in [0.717, 1.165) is 14.2 Å². The molecule has 0 saturated heterocycles. The first-order chi connectivity index (χ1) is 9.91. The van der Waals surface area contributed by atoms with Crippen LogP contribution in [0.1, 0.15) is 25.7 Å². The summed E-state index contributed by atoms with van der Waals surface area (Å²) in [5.41, 5.74) is 0. The first-order valence-corrected chi connectivity index (χ1v) is 9.30. The fourth-order valence-electron chi connectivity index (χ4n) is 1.68. The Bertz CT molecular complexity index is 544. The predicted octanol–water partition coefficient (Wildman–Crippen LogP) is -1.79. The number of hydrogen-bond donors (Lipinski definition) is 2. The van der Waals surface area contributed by atoms with E-state index >= 15 is 0 Å². The van der Waals surface area contributed by atoms with Crippen molar-refractivity contribution in [3.63, 3.8) is 0 Å². The number of carbonyl (C=O) groups is 2. The topological polar surface area (TPSA) is 173 Å². The van der Waals surface area contributed by atoms with E-state index < -0.39 is 55.3 Å². The van der Waals surface area contributed by atoms with Crippen LogP contribution in [0.5, 0.6) is 0 Å². The number of rotatable bonds is 9. The Morgan fingerprint density at radius 1 is 0.818 bits per heavy atom. The van der Waals surface area contributed by atoms with Gasteiger partial charge < -0.3 is 9.47 Å². The van der Waals surface area contributed by atoms with Crippen molar-refractivity contribution in [3.05, 3.63) is 0 Å². The summed E-state index contributed by atoms with van der Waals surface area (Å²) in [7, 11) is -6.04. The average Bonchev–Trinajstić information content (AvgIpc) is 2.38. The predicted molar refractivity (Wildman–Crippen MR) is 76.3 cm³/mol. The molecule has 0 aliphatic carbocycles. The van der Waals surface area contributed by atoms with Gasteiger partial charge in [-0.15, -0.1) is 0 Å². The van der Waals surface area contributed by atoms with E-state index in [1.807, 2.05) is 0 Å². The van der Waals surface area contributed by atoms with Crippen molar-refractivity contribution < 1.29 is 35.9 Å². The third-order valence-corrected chi connectivity index (χ3v) is 5.65. The number of nitrogens with two attached hydrogens (primary N) is 2. The molecule has 4 N–H and O–H groups in total. The minimum Gasteiger partial charge on any atom is -0.469 e. The van der Waals surface area contributed by atoms with Crippen LogP contribution in [0.15, 0.2) is 0 Å². The molecule has 0 aliphatic heterocycles. The molecule has 130 valence electrons. The fraction of sp³-hybridized carbons (Fsp3) is 0.800. The second-order valence-electron chi connectivity index (χ2n) is 4.56. The number of esters is 2. The van der Waals surface area contributed by atoms with Gasteiger partial charge >= 0.3 is 11.9 Å². The molecule has 0 heterocycles. The lowest BCUT2D eigenvalue weighted by molar-refractivity contribution is -0.141. The van der Waals surface area contributed by atoms with E-state index in [2.05, 4.69) is 9.47 Å². The second-order valence-corrected chi connectivity index (χ2v) is 8.25. The van der Waals surface area contributed by atoms with E-state index in [4.69, 9.17) is 10.3 Å². The monoisotopic (exact) mass is 360 g/mol. The largest absolute Gasteiger partial charge is 0.469 e. The molecule has 2 atom stereocenters. The van der Waals surface area contributed by atoms with Crippen LogP contribution >= 0.6 is 0 Å². The van der Waals surface area contributed by atoms with Gasteiger partial charge in [0, 0.05) is 0 Å². The van der Waals surface area contributed by atoms with Gasteiger partial charge in [0.1, 0.15) is 0 Å². The highest BCUT2D eigenvalue weighted by Gasteiger charge is 2.30. The number of hydrogen-bond acceptors (Lipinski definition) is 8. The highest BCUT2D eigenvalue weighted by molar-refractivity contribution is 7.90. The van der Waals surface area contributed by atoms with Crippen molar-refractivity contribution in [1.82, 2.24) is 0 Å². The smallest absolute Gasteiger partial charge is 0.306 e. The van der Waals surface area contributed by atoms with Crippen LogP contribution in [-0.2, 0) is 39.1 Å². The molecule has 0 spiro atoms. The van der Waals surface area contributed by atoms with Crippen molar-refractivity contribution in [2.75, 3.05) is 14.2 Å². The maximum Gasteiger partial charge on any atom is 0.306 e. The first-order valence-electron chi connectivity index (χ1n) is 6.08. The number of sulfonamides is 2. The zero-order valence-corrected chi connectivity index (χ0v) is 13.9. The molecule has 12 heteroatoms. The Balaban J connectivity index is 5.05. The summed E-state index contributed by atoms with van der Waals surface area (Å²) >= 11 is 0. The van der Waals surface area contributed by atoms with Crippen molar-refractivity contribution in [3.8, 4) is 0 Å². The van der Waals surface area contributed by atoms with Crippen LogP contribution in [-0.4, -0.2) is 53.5 Å². The number of methoxy groups -OCH3 is 2. The summed E-state index contributed by atoms with van der Waals surface area (Å²) in [6.45, 7) is 0. The van der Waals surface area contributed by atoms with Crippen LogP contribution in [0.4, 0.5) is 0 Å². The lowest BCUT2D eigenvalue weighted by atomic mass is 10.1. The fourth-order valence-corrected chi connectivity index (χ4v) is 3.34. The molecule has 0 amide bonds. The van der Waals surface area contributed by atoms with E-state index in [1.165, 1.54) is 0 Å². The number of primary sulfonamides is 2. The van der Waals surface area contributed by atoms with Crippen LogP contribution < -0.4 is 10.3 Å². The Kier molecular flexibility index (Phi) is 7.93. The normalized spacial score (nSPS) is 14.9. The standard InChI is InChI=1S/C10H20N2O8S2/c1-19-9(13)5-7(21(11,15)16)3-4-8(22(12,17)18)6-10(14)20-2/h7-8H,3-6H2,1-2H3,(H2,11,15,16)(H2,12,17,18). The van der Waals surface area contributed by atoms with Crippen LogP contribution in [0.3, 0.4) is 0 Å². The summed E-state index contributed by atoms with van der Waals surface area (Å²) < 4.78 is 54.4. The van der Waals surface area contributed by atoms with Crippen molar-refractivity contribution >= 4 is 32.0 Å². The average molecular weight is 360 g/mol. The lowest BCUT2D eigenvalue weighted by Gasteiger charge is -2.17. The molecular weight excluding hydrogens is 340 g/mol. The van der Waals surface area contributed by atoms with Crippen molar-refractivity contribution in [2.45, 2.75) is 36.2 Å². The van der Waals surface area contributed by atoms with Crippen molar-refractivity contribution in [2.24, 2.45) is 10.3 Å². The molecule has 0 bridgehead atoms. The van der Waals surface area contributed by atoms with E-state index in [1.54, 1.807) is 0 Å². The van der Waals surface area contributed by atoms with Crippen LogP contribution in [0.25, 0.3) is 0 Å². The molecule has 0 aromatic heterocycles. The van der Waals surface area contributed by atoms with E-state index in [-0.39, 0.29) is 12.8 Å². The zero-order valence-electron chi connectivity index (χ0n) is 12.2. The zero-order chi connectivity index (χ0) is 17.6. The third-order valence-electron chi connectivity index (χ3n) is 2.98. The molecule has 0 aromatic carbocycles. The Hall–Kier alpha value is -1.24. The first kappa shape index (κ1) is 20.8. The minimum absolute atomic E-state index is 0.272. The molecule has 0 rings (SSSR count). The van der Waals surface area contributed by atoms with Gasteiger partial charge in [0.15, 0.2) is 0 Å². The van der Waals surface area contributed by atoms with Gasteiger partial charge in [0.25, 0.3) is 0 Å². The molecule has 0 radical (unpaired) electrons. The van der Waals surface area contributed by atoms with Gasteiger partial charge in [-0.25, -0.2) is 27.1 Å². The molecule has 0 saturated carbocycles. The SMILES string of the molecule is COC(=O)CC(CCC(CC(=O)OC)S(N)(=O)=O)S(N)(=O)=O. The second kappa shape index (κ2) is 8.41. The Morgan fingerprint density at radius 2 is 1.09 bits per heavy atom. The molecule has 0 aliphatic rings. The highest BCUT2D eigenvalue weighted by atomic mass is 32.2. The third kappa shape index (κ3) is 7.68. The maximum atomic E-state index is 11.4. The molecule has 0 aromatic rings. The molecular formula is C10H20N2O8S2. The van der Waals surface area contributed by atoms with Gasteiger partial charge in [0.05, 0.1) is 37.6 Å². The summed E-state index contributed by atoms with van der Waals surface area (Å²) in [5.74, 6) is -1.61. The Morgan fingerprint density at radius 3 is 1.27 bits per heavy atom. The number of ether oxygens (including phenoxy) is 2. The van der Waals surface area contributed by atoms with Crippen molar-refractivity contribution in [1.29, 1.82) is 0 Å². The van der Waals surface area contributed by atoms with Crippen LogP contribution in [0.2, 0.25) is 0 Å². The summed E-state index contributed by atoms with van der Waals surface area (Å²) in [6, 6.07) is 0. The van der Waals surface area contributed by atoms with E-state index in [9.17, 15) is 26.4 Å². The van der Waals surface area contributed by atoms with Gasteiger partial charge in [0.2, 0.25) is 20.0 Å². The maximum absolute atomic E-state index is 11.4. The van der Waals surface area contributed by atoms with Gasteiger partial charge in [-0.1, -0.05) is 0 Å². The number of carbonyl (C=O) groups excluding carboxylic acids is 2. The molecule has 0 fully saturated rings. The highest BCUT2D eigenvalue weighted by Crippen LogP contribution is 2.18. The van der Waals surface area contributed by atoms with Gasteiger partial charge in [-0.05, 0) is 12.8 Å². The van der Waals surface area contributed by atoms with Gasteiger partial charge in [-0.3, -0.25) is 9.59 Å². The summed E-state index contributed by atoms with van der Waals surface area (Å²) in [4.78, 5) is 22.4. The quantitative estimate of drug-likeness (QED) is 0.453. The summed E-state index contributed by atoms with van der Waals surface area (Å²) in [6.07, 6.45) is -1.59. The molecule has 2 unspecified atom stereocenters. The molecule has 10 nitrogen and oxygen atoms in total. The van der Waals surface area contributed by atoms with Gasteiger partial charge in [-0.2, -0.15) is 0 Å². The Labute approximate surface area is 129 Å².